The zero-order valence-electron chi connectivity index (χ0n) is 14.3. The second-order valence-electron chi connectivity index (χ2n) is 5.70. The number of anilines is 3. The van der Waals surface area contributed by atoms with E-state index in [0.29, 0.717) is 32.2 Å². The number of thiocarbonyl (C=S) groups is 1. The molecule has 144 valence electrons. The minimum absolute atomic E-state index is 0.123. The van der Waals surface area contributed by atoms with E-state index >= 15 is 0 Å². The third kappa shape index (κ3) is 5.36. The highest BCUT2D eigenvalue weighted by atomic mass is 35.5. The molecule has 0 saturated carbocycles. The normalized spacial score (nSPS) is 10.9. The first-order valence-corrected chi connectivity index (χ1v) is 10.7. The summed E-state index contributed by atoms with van der Waals surface area (Å²) in [6.45, 7) is 0. The summed E-state index contributed by atoms with van der Waals surface area (Å²) in [6, 6.07) is 19.8. The lowest BCUT2D eigenvalue weighted by atomic mass is 10.3. The number of nitrogens with one attached hydrogen (secondary N) is 3. The van der Waals surface area contributed by atoms with Crippen molar-refractivity contribution in [3.8, 4) is 0 Å². The number of sulfonamides is 1. The molecular weight excluding hydrogens is 437 g/mol. The molecule has 0 aliphatic carbocycles. The topological polar surface area (TPSA) is 70.2 Å². The van der Waals surface area contributed by atoms with E-state index in [2.05, 4.69) is 15.4 Å². The Morgan fingerprint density at radius 2 is 1.39 bits per heavy atom. The first-order valence-electron chi connectivity index (χ1n) is 8.04. The van der Waals surface area contributed by atoms with E-state index in [4.69, 9.17) is 35.4 Å². The predicted octanol–water partition coefficient (Wildman–Crippen LogP) is 5.60. The van der Waals surface area contributed by atoms with Crippen LogP contribution in [-0.4, -0.2) is 13.5 Å². The lowest BCUT2D eigenvalue weighted by Crippen LogP contribution is -2.19. The molecule has 3 N–H and O–H groups in total. The van der Waals surface area contributed by atoms with Crippen molar-refractivity contribution >= 4 is 67.6 Å². The number of para-hydroxylation sites is 1. The van der Waals surface area contributed by atoms with Crippen LogP contribution in [0.2, 0.25) is 10.0 Å². The van der Waals surface area contributed by atoms with Gasteiger partial charge in [-0.3, -0.25) is 4.72 Å². The molecule has 0 atom stereocenters. The highest BCUT2D eigenvalue weighted by molar-refractivity contribution is 7.92. The summed E-state index contributed by atoms with van der Waals surface area (Å²) in [6.07, 6.45) is 0. The van der Waals surface area contributed by atoms with Gasteiger partial charge < -0.3 is 10.6 Å². The molecule has 28 heavy (non-hydrogen) atoms. The van der Waals surface area contributed by atoms with Gasteiger partial charge in [-0.05, 0) is 72.9 Å². The summed E-state index contributed by atoms with van der Waals surface area (Å²) in [5.41, 5.74) is 1.74. The van der Waals surface area contributed by atoms with Gasteiger partial charge >= 0.3 is 0 Å². The van der Waals surface area contributed by atoms with Crippen LogP contribution in [-0.2, 0) is 10.0 Å². The Kier molecular flexibility index (Phi) is 6.41. The molecule has 3 aromatic rings. The second kappa shape index (κ2) is 8.79. The highest BCUT2D eigenvalue weighted by Gasteiger charge is 2.14. The van der Waals surface area contributed by atoms with E-state index in [9.17, 15) is 8.42 Å². The SMILES string of the molecule is O=S(=O)(Nc1ccc(Cl)cc1)c1ccc(NC(=S)Nc2ccccc2Cl)cc1. The Bertz CT molecular complexity index is 1090. The van der Waals surface area contributed by atoms with Crippen molar-refractivity contribution in [2.75, 3.05) is 15.4 Å². The minimum Gasteiger partial charge on any atom is -0.332 e. The Labute approximate surface area is 178 Å². The van der Waals surface area contributed by atoms with Crippen molar-refractivity contribution in [3.05, 3.63) is 82.8 Å². The summed E-state index contributed by atoms with van der Waals surface area (Å²) in [4.78, 5) is 0.123. The van der Waals surface area contributed by atoms with Crippen LogP contribution >= 0.6 is 35.4 Å². The van der Waals surface area contributed by atoms with Gasteiger partial charge in [0.1, 0.15) is 0 Å². The van der Waals surface area contributed by atoms with Crippen molar-refractivity contribution in [3.63, 3.8) is 0 Å². The molecule has 0 amide bonds. The second-order valence-corrected chi connectivity index (χ2v) is 8.63. The van der Waals surface area contributed by atoms with Crippen molar-refractivity contribution in [2.45, 2.75) is 4.90 Å². The monoisotopic (exact) mass is 451 g/mol. The molecule has 0 saturated heterocycles. The van der Waals surface area contributed by atoms with Gasteiger partial charge in [0.25, 0.3) is 10.0 Å². The summed E-state index contributed by atoms with van der Waals surface area (Å²) in [5, 5.41) is 7.38. The summed E-state index contributed by atoms with van der Waals surface area (Å²) < 4.78 is 27.5. The molecule has 0 bridgehead atoms. The molecule has 3 aromatic carbocycles. The maximum atomic E-state index is 12.5. The molecular formula is C19H15Cl2N3O2S2. The van der Waals surface area contributed by atoms with Crippen LogP contribution in [0, 0.1) is 0 Å². The van der Waals surface area contributed by atoms with Gasteiger partial charge in [0.2, 0.25) is 0 Å². The van der Waals surface area contributed by atoms with Crippen molar-refractivity contribution in [1.29, 1.82) is 0 Å². The van der Waals surface area contributed by atoms with Crippen molar-refractivity contribution in [1.82, 2.24) is 0 Å². The van der Waals surface area contributed by atoms with E-state index in [1.165, 1.54) is 12.1 Å². The van der Waals surface area contributed by atoms with Crippen LogP contribution in [0.3, 0.4) is 0 Å². The molecule has 0 heterocycles. The van der Waals surface area contributed by atoms with E-state index in [1.54, 1.807) is 48.5 Å². The van der Waals surface area contributed by atoms with Crippen LogP contribution in [0.25, 0.3) is 0 Å². The Balaban J connectivity index is 1.66. The van der Waals surface area contributed by atoms with E-state index in [-0.39, 0.29) is 4.90 Å². The number of halogens is 2. The van der Waals surface area contributed by atoms with Gasteiger partial charge in [0, 0.05) is 16.4 Å². The van der Waals surface area contributed by atoms with Crippen LogP contribution in [0.4, 0.5) is 17.1 Å². The fraction of sp³-hybridized carbons (Fsp3) is 0. The lowest BCUT2D eigenvalue weighted by molar-refractivity contribution is 0.601. The number of hydrogen-bond acceptors (Lipinski definition) is 3. The first kappa shape index (κ1) is 20.4. The van der Waals surface area contributed by atoms with Gasteiger partial charge in [0.05, 0.1) is 15.6 Å². The molecule has 0 spiro atoms. The lowest BCUT2D eigenvalue weighted by Gasteiger charge is -2.12. The van der Waals surface area contributed by atoms with Gasteiger partial charge in [-0.25, -0.2) is 8.42 Å². The summed E-state index contributed by atoms with van der Waals surface area (Å²) >= 11 is 17.2. The highest BCUT2D eigenvalue weighted by Crippen LogP contribution is 2.22. The predicted molar refractivity (Wildman–Crippen MR) is 120 cm³/mol. The number of rotatable bonds is 5. The quantitative estimate of drug-likeness (QED) is 0.440. The number of benzene rings is 3. The van der Waals surface area contributed by atoms with Gasteiger partial charge in [-0.15, -0.1) is 0 Å². The average Bonchev–Trinajstić information content (AvgIpc) is 2.66. The largest absolute Gasteiger partial charge is 0.332 e. The molecule has 0 aliphatic rings. The maximum absolute atomic E-state index is 12.5. The third-order valence-corrected chi connectivity index (χ3v) is 5.82. The summed E-state index contributed by atoms with van der Waals surface area (Å²) in [7, 11) is -3.71. The van der Waals surface area contributed by atoms with Crippen molar-refractivity contribution in [2.24, 2.45) is 0 Å². The van der Waals surface area contributed by atoms with E-state index in [0.717, 1.165) is 0 Å². The molecule has 3 rings (SSSR count). The zero-order valence-corrected chi connectivity index (χ0v) is 17.5. The smallest absolute Gasteiger partial charge is 0.261 e. The third-order valence-electron chi connectivity index (χ3n) is 3.64. The van der Waals surface area contributed by atoms with Gasteiger partial charge in [0.15, 0.2) is 5.11 Å². The molecule has 0 radical (unpaired) electrons. The van der Waals surface area contributed by atoms with Crippen molar-refractivity contribution < 1.29 is 8.42 Å². The van der Waals surface area contributed by atoms with Gasteiger partial charge in [-0.2, -0.15) is 0 Å². The zero-order chi connectivity index (χ0) is 20.1. The minimum atomic E-state index is -3.71. The molecule has 5 nitrogen and oxygen atoms in total. The van der Waals surface area contributed by atoms with Crippen LogP contribution < -0.4 is 15.4 Å². The average molecular weight is 452 g/mol. The van der Waals surface area contributed by atoms with E-state index < -0.39 is 10.0 Å². The number of hydrogen-bond donors (Lipinski definition) is 3. The molecule has 0 aliphatic heterocycles. The summed E-state index contributed by atoms with van der Waals surface area (Å²) in [5.74, 6) is 0. The maximum Gasteiger partial charge on any atom is 0.261 e. The Morgan fingerprint density at radius 3 is 2.04 bits per heavy atom. The Hall–Kier alpha value is -2.32. The van der Waals surface area contributed by atoms with Crippen LogP contribution in [0.15, 0.2) is 77.7 Å². The first-order chi connectivity index (χ1) is 13.3. The van der Waals surface area contributed by atoms with Gasteiger partial charge in [-0.1, -0.05) is 35.3 Å². The molecule has 0 unspecified atom stereocenters. The van der Waals surface area contributed by atoms with Crippen LogP contribution in [0.5, 0.6) is 0 Å². The van der Waals surface area contributed by atoms with E-state index in [1.807, 2.05) is 12.1 Å². The molecule has 9 heteroatoms. The van der Waals surface area contributed by atoms with Crippen LogP contribution in [0.1, 0.15) is 0 Å². The Morgan fingerprint density at radius 1 is 0.786 bits per heavy atom. The standard InChI is InChI=1S/C19H15Cl2N3O2S2/c20-13-5-7-15(8-6-13)24-28(25,26)16-11-9-14(10-12-16)22-19(27)23-18-4-2-1-3-17(18)21/h1-12,24H,(H2,22,23,27). The molecule has 0 fully saturated rings. The molecule has 0 aromatic heterocycles. The fourth-order valence-corrected chi connectivity index (χ4v) is 3.89. The fourth-order valence-electron chi connectivity index (χ4n) is 2.30.